The molecule has 2 aromatic rings. The number of rotatable bonds is 8. The zero-order valence-electron chi connectivity index (χ0n) is 22.6. The molecule has 0 spiro atoms. The number of nitrogens with zero attached hydrogens (tertiary/aromatic N) is 3. The van der Waals surface area contributed by atoms with Gasteiger partial charge in [-0.1, -0.05) is 54.6 Å². The van der Waals surface area contributed by atoms with Gasteiger partial charge in [-0.2, -0.15) is 13.2 Å². The van der Waals surface area contributed by atoms with E-state index in [4.69, 9.17) is 0 Å². The van der Waals surface area contributed by atoms with Crippen LogP contribution in [0.5, 0.6) is 0 Å². The summed E-state index contributed by atoms with van der Waals surface area (Å²) in [7, 11) is 1.04. The summed E-state index contributed by atoms with van der Waals surface area (Å²) in [4.78, 5) is 31.4. The van der Waals surface area contributed by atoms with Crippen molar-refractivity contribution in [2.75, 3.05) is 40.0 Å². The topological polar surface area (TPSA) is 105 Å². The molecule has 40 heavy (non-hydrogen) atoms. The molecule has 3 unspecified atom stereocenters. The molecule has 0 bridgehead atoms. The third-order valence-electron chi connectivity index (χ3n) is 8.74. The Morgan fingerprint density at radius 1 is 1.00 bits per heavy atom. The van der Waals surface area contributed by atoms with E-state index >= 15 is 0 Å². The van der Waals surface area contributed by atoms with Gasteiger partial charge in [-0.05, 0) is 42.9 Å². The number of aliphatic hydroxyl groups excluding tert-OH is 3. The maximum Gasteiger partial charge on any atom is 0.418 e. The molecular formula is C29H36F3N3O5. The lowest BCUT2D eigenvalue weighted by atomic mass is 9.77. The van der Waals surface area contributed by atoms with Crippen LogP contribution in [0.2, 0.25) is 0 Å². The van der Waals surface area contributed by atoms with Crippen LogP contribution in [0.3, 0.4) is 0 Å². The van der Waals surface area contributed by atoms with Crippen molar-refractivity contribution in [2.24, 2.45) is 5.41 Å². The minimum Gasteiger partial charge on any atom is -0.396 e. The summed E-state index contributed by atoms with van der Waals surface area (Å²) < 4.78 is 44.4. The fourth-order valence-electron chi connectivity index (χ4n) is 6.55. The largest absolute Gasteiger partial charge is 0.418 e. The summed E-state index contributed by atoms with van der Waals surface area (Å²) in [6.07, 6.45) is -4.52. The van der Waals surface area contributed by atoms with Gasteiger partial charge < -0.3 is 30.0 Å². The highest BCUT2D eigenvalue weighted by molar-refractivity contribution is 5.86. The molecule has 2 saturated heterocycles. The summed E-state index contributed by atoms with van der Waals surface area (Å²) in [5, 5.41) is 29.8. The molecule has 0 aliphatic carbocycles. The van der Waals surface area contributed by atoms with Gasteiger partial charge in [0, 0.05) is 33.4 Å². The number of amides is 3. The van der Waals surface area contributed by atoms with Gasteiger partial charge in [0.1, 0.15) is 0 Å². The van der Waals surface area contributed by atoms with E-state index in [1.54, 1.807) is 23.1 Å². The Hall–Kier alpha value is -3.15. The quantitative estimate of drug-likeness (QED) is 0.458. The molecule has 3 N–H and O–H groups in total. The third kappa shape index (κ3) is 4.73. The van der Waals surface area contributed by atoms with Crippen molar-refractivity contribution in [3.05, 3.63) is 71.3 Å². The number of hydrogen-bond acceptors (Lipinski definition) is 5. The van der Waals surface area contributed by atoms with Gasteiger partial charge in [0.15, 0.2) is 5.54 Å². The second-order valence-corrected chi connectivity index (χ2v) is 10.7. The van der Waals surface area contributed by atoms with E-state index in [1.165, 1.54) is 29.2 Å². The lowest BCUT2D eigenvalue weighted by Crippen LogP contribution is -2.64. The second kappa shape index (κ2) is 11.4. The van der Waals surface area contributed by atoms with Crippen LogP contribution in [0.15, 0.2) is 54.6 Å². The number of likely N-dealkylation sites (N-methyl/N-ethyl adjacent to an activating group) is 1. The van der Waals surface area contributed by atoms with Crippen LogP contribution in [0.25, 0.3) is 0 Å². The first-order chi connectivity index (χ1) is 19.0. The highest BCUT2D eigenvalue weighted by atomic mass is 19.4. The Bertz CT molecular complexity index is 1200. The Morgan fingerprint density at radius 2 is 1.60 bits per heavy atom. The number of aryl methyl sites for hydroxylation is 1. The zero-order valence-corrected chi connectivity index (χ0v) is 22.6. The average molecular weight is 564 g/mol. The average Bonchev–Trinajstić information content (AvgIpc) is 3.20. The summed E-state index contributed by atoms with van der Waals surface area (Å²) >= 11 is 0. The number of aliphatic hydroxyl groups is 3. The van der Waals surface area contributed by atoms with Gasteiger partial charge in [0.2, 0.25) is 5.91 Å². The molecule has 2 aliphatic rings. The van der Waals surface area contributed by atoms with Crippen LogP contribution >= 0.6 is 0 Å². The smallest absolute Gasteiger partial charge is 0.396 e. The molecule has 4 rings (SSSR count). The molecule has 3 atom stereocenters. The minimum absolute atomic E-state index is 0.0348. The maximum absolute atomic E-state index is 14.8. The number of halogens is 3. The number of hydrogen-bond donors (Lipinski definition) is 3. The first-order valence-electron chi connectivity index (χ1n) is 13.3. The summed E-state index contributed by atoms with van der Waals surface area (Å²) in [5.41, 5.74) is -2.81. The molecule has 2 heterocycles. The fraction of sp³-hybridized carbons (Fsp3) is 0.517. The third-order valence-corrected chi connectivity index (χ3v) is 8.74. The maximum atomic E-state index is 14.8. The summed E-state index contributed by atoms with van der Waals surface area (Å²) in [6.45, 7) is -0.0250. The Balaban J connectivity index is 1.82. The van der Waals surface area contributed by atoms with Gasteiger partial charge in [0.05, 0.1) is 24.1 Å². The summed E-state index contributed by atoms with van der Waals surface area (Å²) in [5.74, 6) is -0.232. The number of carbonyl (C=O) groups excluding carboxylic acids is 2. The van der Waals surface area contributed by atoms with Crippen molar-refractivity contribution in [3.8, 4) is 0 Å². The van der Waals surface area contributed by atoms with Crippen LogP contribution in [0.4, 0.5) is 18.0 Å². The highest BCUT2D eigenvalue weighted by Gasteiger charge is 2.62. The minimum atomic E-state index is -5.01. The van der Waals surface area contributed by atoms with Gasteiger partial charge in [-0.25, -0.2) is 4.79 Å². The number of urea groups is 1. The van der Waals surface area contributed by atoms with Crippen LogP contribution in [-0.2, 0) is 10.3 Å². The first kappa shape index (κ1) is 29.8. The molecule has 11 heteroatoms. The molecular weight excluding hydrogens is 527 g/mol. The lowest BCUT2D eigenvalue weighted by molar-refractivity contribution is -0.237. The van der Waals surface area contributed by atoms with Crippen molar-refractivity contribution in [1.82, 2.24) is 14.7 Å². The number of carbonyl (C=O) groups is 2. The van der Waals surface area contributed by atoms with Crippen LogP contribution in [0, 0.1) is 12.3 Å². The Kier molecular flexibility index (Phi) is 8.49. The van der Waals surface area contributed by atoms with Crippen molar-refractivity contribution in [1.29, 1.82) is 0 Å². The highest BCUT2D eigenvalue weighted by Crippen LogP contribution is 2.50. The molecule has 0 radical (unpaired) electrons. The fourth-order valence-corrected chi connectivity index (χ4v) is 6.55. The van der Waals surface area contributed by atoms with E-state index in [-0.39, 0.29) is 57.0 Å². The van der Waals surface area contributed by atoms with Gasteiger partial charge in [-0.15, -0.1) is 0 Å². The van der Waals surface area contributed by atoms with Crippen molar-refractivity contribution in [3.63, 3.8) is 0 Å². The number of benzene rings is 2. The van der Waals surface area contributed by atoms with Crippen molar-refractivity contribution in [2.45, 2.75) is 50.0 Å². The van der Waals surface area contributed by atoms with Crippen LogP contribution in [0.1, 0.15) is 42.0 Å². The molecule has 2 fully saturated rings. The predicted octanol–water partition coefficient (Wildman–Crippen LogP) is 3.21. The van der Waals surface area contributed by atoms with Gasteiger partial charge in [0.25, 0.3) is 0 Å². The van der Waals surface area contributed by atoms with E-state index in [1.807, 2.05) is 19.1 Å². The molecule has 2 aliphatic heterocycles. The number of alkyl halides is 3. The molecule has 8 nitrogen and oxygen atoms in total. The van der Waals surface area contributed by atoms with Crippen LogP contribution in [-0.4, -0.2) is 94.1 Å². The van der Waals surface area contributed by atoms with Gasteiger partial charge >= 0.3 is 12.2 Å². The van der Waals surface area contributed by atoms with E-state index in [2.05, 4.69) is 0 Å². The second-order valence-electron chi connectivity index (χ2n) is 10.7. The van der Waals surface area contributed by atoms with Crippen LogP contribution < -0.4 is 0 Å². The molecule has 218 valence electrons. The Morgan fingerprint density at radius 3 is 2.15 bits per heavy atom. The lowest BCUT2D eigenvalue weighted by Gasteiger charge is -2.49. The predicted molar refractivity (Wildman–Crippen MR) is 141 cm³/mol. The molecule has 2 aromatic carbocycles. The zero-order chi connectivity index (χ0) is 29.3. The van der Waals surface area contributed by atoms with E-state index in [0.717, 1.165) is 12.6 Å². The standard InChI is InChI=1S/C29H36F3N3O5/c1-20-8-6-7-11-22(20)24-23-18-27(12-16-36,13-17-37)25(39)34(23)14-15-35(24)26(40)33(2)28(19-38,29(30,31)32)21-9-4-3-5-10-21/h3-11,23-24,36-38H,12-19H2,1-2H3. The van der Waals surface area contributed by atoms with Crippen molar-refractivity contribution >= 4 is 11.9 Å². The van der Waals surface area contributed by atoms with E-state index < -0.39 is 41.9 Å². The van der Waals surface area contributed by atoms with E-state index in [9.17, 15) is 38.1 Å². The Labute approximate surface area is 231 Å². The first-order valence-corrected chi connectivity index (χ1v) is 13.3. The SMILES string of the molecule is Cc1ccccc1C1C2CC(CCO)(CCO)C(=O)N2CCN1C(=O)N(C)C(CO)(c1ccccc1)C(F)(F)F. The molecule has 0 saturated carbocycles. The molecule has 3 amide bonds. The molecule has 0 aromatic heterocycles. The van der Waals surface area contributed by atoms with E-state index in [0.29, 0.717) is 10.5 Å². The number of piperazine rings is 1. The monoisotopic (exact) mass is 563 g/mol. The summed E-state index contributed by atoms with van der Waals surface area (Å²) in [6, 6.07) is 11.8. The normalized spacial score (nSPS) is 22.1. The number of fused-ring (bicyclic) bond motifs is 1. The van der Waals surface area contributed by atoms with Crippen molar-refractivity contribution < 1.29 is 38.1 Å². The van der Waals surface area contributed by atoms with Gasteiger partial charge in [-0.3, -0.25) is 4.79 Å².